The van der Waals surface area contributed by atoms with Crippen LogP contribution in [0.5, 0.6) is 0 Å². The standard InChI is InChI=1S/C21H21FN2O4/c1-28-12-19(26)23-10-17-20(14-7-3-5-9-16(14)23)18(11-25)24(17)21(27)13-6-2-4-8-15(13)22/h2-9,17-18,20,25H,10-12H2,1H3/t17-,18-,20+/m0/s1. The molecule has 3 atom stereocenters. The van der Waals surface area contributed by atoms with Crippen molar-refractivity contribution >= 4 is 17.5 Å². The fraction of sp³-hybridized carbons (Fsp3) is 0.333. The smallest absolute Gasteiger partial charge is 0.257 e. The molecule has 2 amide bonds. The van der Waals surface area contributed by atoms with Gasteiger partial charge in [0.2, 0.25) is 0 Å². The van der Waals surface area contributed by atoms with Crippen molar-refractivity contribution in [1.29, 1.82) is 0 Å². The summed E-state index contributed by atoms with van der Waals surface area (Å²) in [5, 5.41) is 9.96. The SMILES string of the molecule is COCC(=O)N1C[C@H]2[C@@H](c3ccccc31)[C@H](CO)N2C(=O)c1ccccc1F. The highest BCUT2D eigenvalue weighted by molar-refractivity contribution is 5.98. The van der Waals surface area contributed by atoms with Gasteiger partial charge in [-0.05, 0) is 23.8 Å². The molecule has 0 aliphatic carbocycles. The average Bonchev–Trinajstić information content (AvgIpc) is 2.68. The lowest BCUT2D eigenvalue weighted by Gasteiger charge is -2.58. The van der Waals surface area contributed by atoms with Gasteiger partial charge in [-0.2, -0.15) is 0 Å². The molecule has 2 aliphatic rings. The first-order chi connectivity index (χ1) is 13.6. The second kappa shape index (κ2) is 7.33. The van der Waals surface area contributed by atoms with Crippen LogP contribution in [-0.2, 0) is 9.53 Å². The molecule has 4 rings (SSSR count). The Morgan fingerprint density at radius 2 is 1.89 bits per heavy atom. The maximum Gasteiger partial charge on any atom is 0.257 e. The number of ether oxygens (including phenoxy) is 1. The normalized spacial score (nSPS) is 22.9. The number of likely N-dealkylation sites (tertiary alicyclic amines) is 1. The Morgan fingerprint density at radius 1 is 1.18 bits per heavy atom. The van der Waals surface area contributed by atoms with E-state index in [0.29, 0.717) is 0 Å². The maximum absolute atomic E-state index is 14.2. The molecule has 7 heteroatoms. The molecule has 1 fully saturated rings. The van der Waals surface area contributed by atoms with Gasteiger partial charge in [0, 0.05) is 25.3 Å². The molecule has 2 heterocycles. The van der Waals surface area contributed by atoms with Gasteiger partial charge in [-0.1, -0.05) is 30.3 Å². The van der Waals surface area contributed by atoms with Crippen molar-refractivity contribution in [1.82, 2.24) is 4.90 Å². The van der Waals surface area contributed by atoms with E-state index in [1.54, 1.807) is 11.0 Å². The van der Waals surface area contributed by atoms with Crippen LogP contribution in [0.4, 0.5) is 10.1 Å². The number of carbonyl (C=O) groups is 2. The molecule has 1 N–H and O–H groups in total. The van der Waals surface area contributed by atoms with Crippen molar-refractivity contribution in [2.45, 2.75) is 18.0 Å². The van der Waals surface area contributed by atoms with E-state index in [1.165, 1.54) is 30.2 Å². The minimum Gasteiger partial charge on any atom is -0.394 e. The minimum absolute atomic E-state index is 0.0342. The highest BCUT2D eigenvalue weighted by atomic mass is 19.1. The number of aliphatic hydroxyl groups excluding tert-OH is 1. The van der Waals surface area contributed by atoms with E-state index >= 15 is 0 Å². The van der Waals surface area contributed by atoms with Crippen LogP contribution in [0.2, 0.25) is 0 Å². The number of anilines is 1. The van der Waals surface area contributed by atoms with E-state index in [0.717, 1.165) is 11.3 Å². The second-order valence-electron chi connectivity index (χ2n) is 7.03. The number of benzene rings is 2. The van der Waals surface area contributed by atoms with Crippen molar-refractivity contribution < 1.29 is 23.8 Å². The summed E-state index contributed by atoms with van der Waals surface area (Å²) in [5.41, 5.74) is 1.63. The van der Waals surface area contributed by atoms with Crippen LogP contribution in [0.1, 0.15) is 21.8 Å². The van der Waals surface area contributed by atoms with Gasteiger partial charge in [-0.15, -0.1) is 0 Å². The number of rotatable bonds is 4. The molecule has 2 aliphatic heterocycles. The third-order valence-corrected chi connectivity index (χ3v) is 5.59. The van der Waals surface area contributed by atoms with Crippen LogP contribution < -0.4 is 4.90 Å². The van der Waals surface area contributed by atoms with Crippen molar-refractivity contribution in [3.05, 3.63) is 65.5 Å². The van der Waals surface area contributed by atoms with Gasteiger partial charge >= 0.3 is 0 Å². The fourth-order valence-corrected chi connectivity index (χ4v) is 4.38. The highest BCUT2D eigenvalue weighted by Crippen LogP contribution is 2.48. The van der Waals surface area contributed by atoms with Gasteiger partial charge < -0.3 is 19.6 Å². The quantitative estimate of drug-likeness (QED) is 0.873. The number of para-hydroxylation sites is 1. The first kappa shape index (κ1) is 18.6. The Hall–Kier alpha value is -2.77. The Labute approximate surface area is 162 Å². The summed E-state index contributed by atoms with van der Waals surface area (Å²) >= 11 is 0. The molecule has 1 saturated heterocycles. The average molecular weight is 384 g/mol. The summed E-state index contributed by atoms with van der Waals surface area (Å²) in [6.07, 6.45) is 0. The molecular formula is C21H21FN2O4. The Balaban J connectivity index is 1.72. The van der Waals surface area contributed by atoms with Crippen molar-refractivity contribution in [2.75, 3.05) is 31.8 Å². The first-order valence-electron chi connectivity index (χ1n) is 9.14. The highest BCUT2D eigenvalue weighted by Gasteiger charge is 2.55. The number of nitrogens with zero attached hydrogens (tertiary/aromatic N) is 2. The molecule has 0 spiro atoms. The van der Waals surface area contributed by atoms with Gasteiger partial charge in [0.25, 0.3) is 11.8 Å². The summed E-state index contributed by atoms with van der Waals surface area (Å²) in [6.45, 7) is -0.0291. The van der Waals surface area contributed by atoms with Crippen LogP contribution in [-0.4, -0.2) is 60.8 Å². The van der Waals surface area contributed by atoms with Gasteiger partial charge in [0.15, 0.2) is 0 Å². The number of fused-ring (bicyclic) bond motifs is 3. The number of carbonyl (C=O) groups excluding carboxylic acids is 2. The Kier molecular flexibility index (Phi) is 4.87. The summed E-state index contributed by atoms with van der Waals surface area (Å²) in [6, 6.07) is 12.5. The van der Waals surface area contributed by atoms with E-state index in [4.69, 9.17) is 4.74 Å². The molecule has 6 nitrogen and oxygen atoms in total. The molecular weight excluding hydrogens is 363 g/mol. The monoisotopic (exact) mass is 384 g/mol. The number of hydrogen-bond donors (Lipinski definition) is 1. The zero-order chi connectivity index (χ0) is 19.8. The predicted molar refractivity (Wildman–Crippen MR) is 101 cm³/mol. The van der Waals surface area contributed by atoms with Gasteiger partial charge in [0.1, 0.15) is 12.4 Å². The van der Waals surface area contributed by atoms with E-state index < -0.39 is 17.8 Å². The minimum atomic E-state index is -0.601. The lowest BCUT2D eigenvalue weighted by molar-refractivity contribution is -0.123. The van der Waals surface area contributed by atoms with Gasteiger partial charge in [-0.3, -0.25) is 9.59 Å². The summed E-state index contributed by atoms with van der Waals surface area (Å²) in [7, 11) is 1.45. The van der Waals surface area contributed by atoms with E-state index in [1.807, 2.05) is 24.3 Å². The van der Waals surface area contributed by atoms with Crippen LogP contribution in [0.15, 0.2) is 48.5 Å². The fourth-order valence-electron chi connectivity index (χ4n) is 4.38. The molecule has 0 unspecified atom stereocenters. The Morgan fingerprint density at radius 3 is 2.61 bits per heavy atom. The Bertz CT molecular complexity index is 919. The summed E-state index contributed by atoms with van der Waals surface area (Å²) in [4.78, 5) is 28.7. The molecule has 0 radical (unpaired) electrons. The van der Waals surface area contributed by atoms with E-state index in [9.17, 15) is 19.1 Å². The molecule has 0 aromatic heterocycles. The van der Waals surface area contributed by atoms with Crippen LogP contribution in [0, 0.1) is 5.82 Å². The van der Waals surface area contributed by atoms with Gasteiger partial charge in [-0.25, -0.2) is 4.39 Å². The molecule has 28 heavy (non-hydrogen) atoms. The zero-order valence-electron chi connectivity index (χ0n) is 15.4. The third kappa shape index (κ3) is 2.78. The molecule has 0 bridgehead atoms. The largest absolute Gasteiger partial charge is 0.394 e. The summed E-state index contributed by atoms with van der Waals surface area (Å²) < 4.78 is 19.2. The number of halogens is 1. The van der Waals surface area contributed by atoms with Gasteiger partial charge in [0.05, 0.1) is 24.3 Å². The van der Waals surface area contributed by atoms with E-state index in [-0.39, 0.29) is 43.2 Å². The van der Waals surface area contributed by atoms with E-state index in [2.05, 4.69) is 0 Å². The maximum atomic E-state index is 14.2. The summed E-state index contributed by atoms with van der Waals surface area (Å²) in [5.74, 6) is -1.39. The van der Waals surface area contributed by atoms with Crippen molar-refractivity contribution in [3.8, 4) is 0 Å². The topological polar surface area (TPSA) is 70.1 Å². The predicted octanol–water partition coefficient (Wildman–Crippen LogP) is 1.79. The molecule has 0 saturated carbocycles. The number of aliphatic hydroxyl groups is 1. The number of methoxy groups -OCH3 is 1. The van der Waals surface area contributed by atoms with Crippen molar-refractivity contribution in [2.24, 2.45) is 0 Å². The first-order valence-corrected chi connectivity index (χ1v) is 9.14. The third-order valence-electron chi connectivity index (χ3n) is 5.59. The lowest BCUT2D eigenvalue weighted by atomic mass is 9.71. The molecule has 2 aromatic carbocycles. The lowest BCUT2D eigenvalue weighted by Crippen LogP contribution is -2.71. The molecule has 146 valence electrons. The number of hydrogen-bond acceptors (Lipinski definition) is 4. The van der Waals surface area contributed by atoms with Crippen molar-refractivity contribution in [3.63, 3.8) is 0 Å². The van der Waals surface area contributed by atoms with Crippen LogP contribution >= 0.6 is 0 Å². The van der Waals surface area contributed by atoms with Crippen LogP contribution in [0.3, 0.4) is 0 Å². The molecule has 2 aromatic rings. The second-order valence-corrected chi connectivity index (χ2v) is 7.03. The number of amides is 2. The van der Waals surface area contributed by atoms with Crippen LogP contribution in [0.25, 0.3) is 0 Å². The zero-order valence-corrected chi connectivity index (χ0v) is 15.4.